The van der Waals surface area contributed by atoms with E-state index in [-0.39, 0.29) is 23.7 Å². The summed E-state index contributed by atoms with van der Waals surface area (Å²) in [6.45, 7) is 6.13. The summed E-state index contributed by atoms with van der Waals surface area (Å²) in [5.41, 5.74) is 0. The maximum atomic E-state index is 11.4. The molecule has 0 radical (unpaired) electrons. The van der Waals surface area contributed by atoms with Crippen LogP contribution in [0.5, 0.6) is 0 Å². The van der Waals surface area contributed by atoms with E-state index in [0.29, 0.717) is 12.3 Å². The maximum Gasteiger partial charge on any atom is 0.229 e. The molecule has 1 N–H and O–H groups in total. The SMILES string of the molecule is CCC1C(=O)NC(=O)CC1C(C)C. The highest BCUT2D eigenvalue weighted by molar-refractivity contribution is 5.99. The number of imide groups is 1. The molecule has 1 aliphatic rings. The molecule has 0 bridgehead atoms. The zero-order valence-electron chi connectivity index (χ0n) is 8.46. The van der Waals surface area contributed by atoms with Crippen molar-refractivity contribution in [1.29, 1.82) is 0 Å². The molecule has 1 heterocycles. The number of hydrogen-bond acceptors (Lipinski definition) is 2. The molecule has 74 valence electrons. The Morgan fingerprint density at radius 1 is 1.46 bits per heavy atom. The lowest BCUT2D eigenvalue weighted by atomic mass is 9.77. The summed E-state index contributed by atoms with van der Waals surface area (Å²) in [6, 6.07) is 0. The van der Waals surface area contributed by atoms with E-state index in [1.54, 1.807) is 0 Å². The fraction of sp³-hybridized carbons (Fsp3) is 0.800. The van der Waals surface area contributed by atoms with E-state index in [0.717, 1.165) is 6.42 Å². The molecular weight excluding hydrogens is 166 g/mol. The van der Waals surface area contributed by atoms with Crippen molar-refractivity contribution in [2.75, 3.05) is 0 Å². The van der Waals surface area contributed by atoms with Crippen LogP contribution in [0.2, 0.25) is 0 Å². The molecule has 0 aromatic carbocycles. The second-order valence-corrected chi connectivity index (χ2v) is 4.04. The molecule has 3 heteroatoms. The molecule has 0 saturated carbocycles. The summed E-state index contributed by atoms with van der Waals surface area (Å²) < 4.78 is 0. The third-order valence-electron chi connectivity index (χ3n) is 2.83. The van der Waals surface area contributed by atoms with Gasteiger partial charge in [0, 0.05) is 12.3 Å². The highest BCUT2D eigenvalue weighted by atomic mass is 16.2. The standard InChI is InChI=1S/C10H17NO2/c1-4-7-8(6(2)3)5-9(12)11-10(7)13/h6-8H,4-5H2,1-3H3,(H,11,12,13). The summed E-state index contributed by atoms with van der Waals surface area (Å²) in [6.07, 6.45) is 1.32. The number of carbonyl (C=O) groups excluding carboxylic acids is 2. The van der Waals surface area contributed by atoms with E-state index in [1.807, 2.05) is 6.92 Å². The summed E-state index contributed by atoms with van der Waals surface area (Å²) in [5, 5.41) is 2.39. The van der Waals surface area contributed by atoms with E-state index >= 15 is 0 Å². The first-order chi connectivity index (χ1) is 6.06. The molecule has 1 rings (SSSR count). The molecule has 0 spiro atoms. The lowest BCUT2D eigenvalue weighted by Crippen LogP contribution is -2.46. The van der Waals surface area contributed by atoms with Crippen LogP contribution in [0.4, 0.5) is 0 Å². The molecule has 2 atom stereocenters. The van der Waals surface area contributed by atoms with E-state index in [2.05, 4.69) is 19.2 Å². The first-order valence-electron chi connectivity index (χ1n) is 4.90. The Morgan fingerprint density at radius 3 is 2.54 bits per heavy atom. The van der Waals surface area contributed by atoms with Gasteiger partial charge < -0.3 is 0 Å². The van der Waals surface area contributed by atoms with Crippen LogP contribution in [-0.2, 0) is 9.59 Å². The average molecular weight is 183 g/mol. The fourth-order valence-corrected chi connectivity index (χ4v) is 2.02. The monoisotopic (exact) mass is 183 g/mol. The Labute approximate surface area is 78.9 Å². The topological polar surface area (TPSA) is 46.2 Å². The van der Waals surface area contributed by atoms with E-state index < -0.39 is 0 Å². The average Bonchev–Trinajstić information content (AvgIpc) is 2.02. The Hall–Kier alpha value is -0.860. The van der Waals surface area contributed by atoms with Gasteiger partial charge >= 0.3 is 0 Å². The summed E-state index contributed by atoms with van der Waals surface area (Å²) in [5.74, 6) is 0.453. The molecule has 0 aromatic rings. The number of rotatable bonds is 2. The number of hydrogen-bond donors (Lipinski definition) is 1. The minimum atomic E-state index is -0.117. The molecular formula is C10H17NO2. The van der Waals surface area contributed by atoms with Gasteiger partial charge in [-0.3, -0.25) is 14.9 Å². The van der Waals surface area contributed by atoms with Crippen LogP contribution in [-0.4, -0.2) is 11.8 Å². The highest BCUT2D eigenvalue weighted by Gasteiger charge is 2.35. The molecule has 0 aromatic heterocycles. The minimum absolute atomic E-state index is 0.0256. The Morgan fingerprint density at radius 2 is 2.08 bits per heavy atom. The van der Waals surface area contributed by atoms with Gasteiger partial charge in [0.1, 0.15) is 0 Å². The van der Waals surface area contributed by atoms with Crippen LogP contribution in [0.1, 0.15) is 33.6 Å². The summed E-state index contributed by atoms with van der Waals surface area (Å²) >= 11 is 0. The molecule has 1 saturated heterocycles. The van der Waals surface area contributed by atoms with Crippen LogP contribution in [0.3, 0.4) is 0 Å². The minimum Gasteiger partial charge on any atom is -0.296 e. The molecule has 1 fully saturated rings. The molecule has 0 aliphatic carbocycles. The van der Waals surface area contributed by atoms with E-state index in [9.17, 15) is 9.59 Å². The second-order valence-electron chi connectivity index (χ2n) is 4.04. The van der Waals surface area contributed by atoms with Gasteiger partial charge in [-0.15, -0.1) is 0 Å². The summed E-state index contributed by atoms with van der Waals surface area (Å²) in [4.78, 5) is 22.5. The normalized spacial score (nSPS) is 29.2. The second kappa shape index (κ2) is 3.90. The lowest BCUT2D eigenvalue weighted by Gasteiger charge is -2.31. The first kappa shape index (κ1) is 10.2. The first-order valence-corrected chi connectivity index (χ1v) is 4.90. The molecule has 1 aliphatic heterocycles. The third kappa shape index (κ3) is 2.08. The van der Waals surface area contributed by atoms with Gasteiger partial charge in [0.15, 0.2) is 0 Å². The van der Waals surface area contributed by atoms with E-state index in [1.165, 1.54) is 0 Å². The number of piperidine rings is 1. The van der Waals surface area contributed by atoms with Crippen molar-refractivity contribution in [3.8, 4) is 0 Å². The van der Waals surface area contributed by atoms with Crippen molar-refractivity contribution in [2.45, 2.75) is 33.6 Å². The number of carbonyl (C=O) groups is 2. The Kier molecular flexibility index (Phi) is 3.07. The summed E-state index contributed by atoms with van der Waals surface area (Å²) in [7, 11) is 0. The lowest BCUT2D eigenvalue weighted by molar-refractivity contribution is -0.140. The van der Waals surface area contributed by atoms with Gasteiger partial charge in [-0.2, -0.15) is 0 Å². The quantitative estimate of drug-likeness (QED) is 0.656. The molecule has 2 unspecified atom stereocenters. The van der Waals surface area contributed by atoms with Crippen molar-refractivity contribution in [3.05, 3.63) is 0 Å². The van der Waals surface area contributed by atoms with Crippen LogP contribution < -0.4 is 5.32 Å². The van der Waals surface area contributed by atoms with Crippen LogP contribution >= 0.6 is 0 Å². The Bertz CT molecular complexity index is 223. The van der Waals surface area contributed by atoms with Gasteiger partial charge in [-0.25, -0.2) is 0 Å². The number of nitrogens with one attached hydrogen (secondary N) is 1. The van der Waals surface area contributed by atoms with Gasteiger partial charge in [0.2, 0.25) is 11.8 Å². The van der Waals surface area contributed by atoms with Crippen molar-refractivity contribution in [3.63, 3.8) is 0 Å². The maximum absolute atomic E-state index is 11.4. The Balaban J connectivity index is 2.77. The van der Waals surface area contributed by atoms with Crippen LogP contribution in [0.15, 0.2) is 0 Å². The molecule has 2 amide bonds. The van der Waals surface area contributed by atoms with Gasteiger partial charge in [0.25, 0.3) is 0 Å². The van der Waals surface area contributed by atoms with Crippen molar-refractivity contribution >= 4 is 11.8 Å². The smallest absolute Gasteiger partial charge is 0.229 e. The van der Waals surface area contributed by atoms with E-state index in [4.69, 9.17) is 0 Å². The third-order valence-corrected chi connectivity index (χ3v) is 2.83. The van der Waals surface area contributed by atoms with Crippen molar-refractivity contribution in [2.24, 2.45) is 17.8 Å². The van der Waals surface area contributed by atoms with Gasteiger partial charge in [-0.05, 0) is 18.3 Å². The van der Waals surface area contributed by atoms with Gasteiger partial charge in [-0.1, -0.05) is 20.8 Å². The van der Waals surface area contributed by atoms with Crippen LogP contribution in [0, 0.1) is 17.8 Å². The fourth-order valence-electron chi connectivity index (χ4n) is 2.02. The van der Waals surface area contributed by atoms with Crippen LogP contribution in [0.25, 0.3) is 0 Å². The van der Waals surface area contributed by atoms with Gasteiger partial charge in [0.05, 0.1) is 0 Å². The van der Waals surface area contributed by atoms with Crippen molar-refractivity contribution in [1.82, 2.24) is 5.32 Å². The molecule has 3 nitrogen and oxygen atoms in total. The predicted octanol–water partition coefficient (Wildman–Crippen LogP) is 1.33. The van der Waals surface area contributed by atoms with Crippen molar-refractivity contribution < 1.29 is 9.59 Å². The largest absolute Gasteiger partial charge is 0.296 e. The number of amides is 2. The zero-order chi connectivity index (χ0) is 10.0. The predicted molar refractivity (Wildman–Crippen MR) is 49.9 cm³/mol. The zero-order valence-corrected chi connectivity index (χ0v) is 8.46. The highest BCUT2D eigenvalue weighted by Crippen LogP contribution is 2.29. The molecule has 13 heavy (non-hydrogen) atoms.